The Balaban J connectivity index is 1.43. The molecule has 1 aliphatic heterocycles. The number of nitrogens with zero attached hydrogens (tertiary/aromatic N) is 4. The van der Waals surface area contributed by atoms with Crippen LogP contribution in [-0.4, -0.2) is 46.5 Å². The van der Waals surface area contributed by atoms with E-state index in [-0.39, 0.29) is 11.9 Å². The van der Waals surface area contributed by atoms with Gasteiger partial charge >= 0.3 is 0 Å². The van der Waals surface area contributed by atoms with E-state index in [9.17, 15) is 4.79 Å². The van der Waals surface area contributed by atoms with Crippen LogP contribution >= 0.6 is 11.3 Å². The minimum atomic E-state index is 0.156. The third-order valence-corrected chi connectivity index (χ3v) is 7.52. The van der Waals surface area contributed by atoms with E-state index < -0.39 is 0 Å². The zero-order valence-electron chi connectivity index (χ0n) is 18.9. The van der Waals surface area contributed by atoms with Gasteiger partial charge in [-0.3, -0.25) is 4.79 Å². The van der Waals surface area contributed by atoms with Gasteiger partial charge in [-0.05, 0) is 30.0 Å². The first-order valence-electron chi connectivity index (χ1n) is 11.6. The van der Waals surface area contributed by atoms with Gasteiger partial charge in [-0.1, -0.05) is 67.6 Å². The van der Waals surface area contributed by atoms with E-state index in [1.165, 1.54) is 10.4 Å². The Labute approximate surface area is 198 Å². The van der Waals surface area contributed by atoms with Gasteiger partial charge < -0.3 is 9.80 Å². The molecular weight excluding hydrogens is 428 g/mol. The Morgan fingerprint density at radius 2 is 1.73 bits per heavy atom. The normalized spacial score (nSPS) is 16.3. The molecule has 2 aromatic carbocycles. The molecule has 0 radical (unpaired) electrons. The van der Waals surface area contributed by atoms with Crippen molar-refractivity contribution in [2.75, 3.05) is 24.5 Å². The Morgan fingerprint density at radius 3 is 2.45 bits per heavy atom. The fourth-order valence-corrected chi connectivity index (χ4v) is 5.53. The van der Waals surface area contributed by atoms with Gasteiger partial charge in [0.05, 0.1) is 17.8 Å². The highest BCUT2D eigenvalue weighted by Gasteiger charge is 2.31. The number of benzene rings is 2. The maximum Gasteiger partial charge on any atom is 0.227 e. The molecule has 1 saturated heterocycles. The Bertz CT molecular complexity index is 1220. The summed E-state index contributed by atoms with van der Waals surface area (Å²) in [4.78, 5) is 29.2. The molecule has 1 fully saturated rings. The lowest BCUT2D eigenvalue weighted by Crippen LogP contribution is -2.56. The molecular formula is C27H28N4OS. The Morgan fingerprint density at radius 1 is 1.00 bits per heavy atom. The van der Waals surface area contributed by atoms with Crippen LogP contribution in [0.4, 0.5) is 5.82 Å². The monoisotopic (exact) mass is 456 g/mol. The predicted octanol–water partition coefficient (Wildman–Crippen LogP) is 4.76. The van der Waals surface area contributed by atoms with Crippen molar-refractivity contribution in [2.24, 2.45) is 0 Å². The second-order valence-corrected chi connectivity index (χ2v) is 9.64. The standard InChI is InChI=1S/C27H28N4OS/c1-2-23-17-24-26(28-19-29-27(24)33-23)31-14-13-30(25(32)16-21-11-7-4-8-12-21)18-22(31)15-20-9-5-3-6-10-20/h3-12,17,19,22H,2,13-16,18H2,1H3. The SMILES string of the molecule is CCc1cc2c(N3CCN(C(=O)Cc4ccccc4)CC3Cc3ccccc3)ncnc2s1. The van der Waals surface area contributed by atoms with Crippen LogP contribution < -0.4 is 4.90 Å². The van der Waals surface area contributed by atoms with Crippen LogP contribution in [0.25, 0.3) is 10.2 Å². The van der Waals surface area contributed by atoms with Crippen LogP contribution in [0.3, 0.4) is 0 Å². The van der Waals surface area contributed by atoms with Crippen LogP contribution in [0, 0.1) is 0 Å². The van der Waals surface area contributed by atoms with E-state index in [1.807, 2.05) is 41.3 Å². The van der Waals surface area contributed by atoms with Gasteiger partial charge in [0, 0.05) is 24.5 Å². The van der Waals surface area contributed by atoms with Crippen molar-refractivity contribution in [3.05, 3.63) is 89.1 Å². The van der Waals surface area contributed by atoms with E-state index in [4.69, 9.17) is 4.98 Å². The van der Waals surface area contributed by atoms with Gasteiger partial charge in [0.15, 0.2) is 0 Å². The van der Waals surface area contributed by atoms with Gasteiger partial charge in [0.25, 0.3) is 0 Å². The van der Waals surface area contributed by atoms with Crippen molar-refractivity contribution in [3.8, 4) is 0 Å². The topological polar surface area (TPSA) is 49.3 Å². The molecule has 0 aliphatic carbocycles. The van der Waals surface area contributed by atoms with Crippen molar-refractivity contribution in [1.82, 2.24) is 14.9 Å². The van der Waals surface area contributed by atoms with Gasteiger partial charge in [-0.2, -0.15) is 0 Å². The Hall–Kier alpha value is -3.25. The number of aromatic nitrogens is 2. The Kier molecular flexibility index (Phi) is 6.35. The molecule has 0 spiro atoms. The summed E-state index contributed by atoms with van der Waals surface area (Å²) in [6.45, 7) is 4.33. The third kappa shape index (κ3) is 4.76. The molecule has 33 heavy (non-hydrogen) atoms. The van der Waals surface area contributed by atoms with Crippen LogP contribution in [0.2, 0.25) is 0 Å². The van der Waals surface area contributed by atoms with E-state index in [0.717, 1.165) is 41.0 Å². The van der Waals surface area contributed by atoms with Gasteiger partial charge in [-0.15, -0.1) is 11.3 Å². The van der Waals surface area contributed by atoms with Gasteiger partial charge in [-0.25, -0.2) is 9.97 Å². The molecule has 1 amide bonds. The van der Waals surface area contributed by atoms with E-state index in [0.29, 0.717) is 19.5 Å². The van der Waals surface area contributed by atoms with Crippen LogP contribution in [-0.2, 0) is 24.1 Å². The minimum Gasteiger partial charge on any atom is -0.349 e. The number of hydrogen-bond acceptors (Lipinski definition) is 5. The molecule has 0 N–H and O–H groups in total. The molecule has 0 saturated carbocycles. The highest BCUT2D eigenvalue weighted by Crippen LogP contribution is 2.33. The maximum atomic E-state index is 13.1. The second-order valence-electron chi connectivity index (χ2n) is 8.52. The van der Waals surface area contributed by atoms with Crippen molar-refractivity contribution >= 4 is 33.3 Å². The first-order chi connectivity index (χ1) is 16.2. The number of carbonyl (C=O) groups excluding carboxylic acids is 1. The number of hydrogen-bond donors (Lipinski definition) is 0. The molecule has 2 aromatic heterocycles. The number of rotatable bonds is 6. The van der Waals surface area contributed by atoms with Crippen LogP contribution in [0.1, 0.15) is 22.9 Å². The number of fused-ring (bicyclic) bond motifs is 1. The van der Waals surface area contributed by atoms with Crippen molar-refractivity contribution in [1.29, 1.82) is 0 Å². The van der Waals surface area contributed by atoms with Crippen LogP contribution in [0.5, 0.6) is 0 Å². The molecule has 3 heterocycles. The number of piperazine rings is 1. The lowest BCUT2D eigenvalue weighted by atomic mass is 10.0. The number of aryl methyl sites for hydroxylation is 1. The first-order valence-corrected chi connectivity index (χ1v) is 12.4. The summed E-state index contributed by atoms with van der Waals surface area (Å²) in [5, 5.41) is 1.13. The molecule has 5 nitrogen and oxygen atoms in total. The lowest BCUT2D eigenvalue weighted by Gasteiger charge is -2.42. The molecule has 1 unspecified atom stereocenters. The third-order valence-electron chi connectivity index (χ3n) is 6.33. The number of anilines is 1. The summed E-state index contributed by atoms with van der Waals surface area (Å²) in [5.74, 6) is 1.18. The van der Waals surface area contributed by atoms with E-state index in [2.05, 4.69) is 47.1 Å². The molecule has 6 heteroatoms. The van der Waals surface area contributed by atoms with Crippen molar-refractivity contribution in [3.63, 3.8) is 0 Å². The lowest BCUT2D eigenvalue weighted by molar-refractivity contribution is -0.131. The summed E-state index contributed by atoms with van der Waals surface area (Å²) >= 11 is 1.75. The number of carbonyl (C=O) groups is 1. The van der Waals surface area contributed by atoms with Crippen molar-refractivity contribution in [2.45, 2.75) is 32.2 Å². The summed E-state index contributed by atoms with van der Waals surface area (Å²) in [6, 6.07) is 22.9. The van der Waals surface area contributed by atoms with E-state index >= 15 is 0 Å². The molecule has 1 atom stereocenters. The fraction of sp³-hybridized carbons (Fsp3) is 0.296. The molecule has 4 aromatic rings. The smallest absolute Gasteiger partial charge is 0.227 e. The van der Waals surface area contributed by atoms with Gasteiger partial charge in [0.1, 0.15) is 17.0 Å². The minimum absolute atomic E-state index is 0.156. The summed E-state index contributed by atoms with van der Waals surface area (Å²) in [7, 11) is 0. The molecule has 1 aliphatic rings. The average Bonchev–Trinajstić information content (AvgIpc) is 3.29. The zero-order chi connectivity index (χ0) is 22.6. The second kappa shape index (κ2) is 9.71. The summed E-state index contributed by atoms with van der Waals surface area (Å²) in [5.41, 5.74) is 2.34. The fourth-order valence-electron chi connectivity index (χ4n) is 4.60. The molecule has 0 bridgehead atoms. The average molecular weight is 457 g/mol. The summed E-state index contributed by atoms with van der Waals surface area (Å²) in [6.07, 6.45) is 3.99. The summed E-state index contributed by atoms with van der Waals surface area (Å²) < 4.78 is 0. The highest BCUT2D eigenvalue weighted by atomic mass is 32.1. The molecule has 5 rings (SSSR count). The van der Waals surface area contributed by atoms with Gasteiger partial charge in [0.2, 0.25) is 5.91 Å². The first kappa shape index (κ1) is 21.6. The van der Waals surface area contributed by atoms with Crippen molar-refractivity contribution < 1.29 is 4.79 Å². The maximum absolute atomic E-state index is 13.1. The molecule has 168 valence electrons. The van der Waals surface area contributed by atoms with Crippen LogP contribution in [0.15, 0.2) is 73.1 Å². The quantitative estimate of drug-likeness (QED) is 0.420. The predicted molar refractivity (Wildman–Crippen MR) is 135 cm³/mol. The van der Waals surface area contributed by atoms with E-state index in [1.54, 1.807) is 17.7 Å². The zero-order valence-corrected chi connectivity index (χ0v) is 19.7. The number of amides is 1. The number of thiophene rings is 1. The highest BCUT2D eigenvalue weighted by molar-refractivity contribution is 7.18. The largest absolute Gasteiger partial charge is 0.349 e.